The number of carboxylic acids is 1. The number of thiazole rings is 1. The predicted octanol–water partition coefficient (Wildman–Crippen LogP) is 0.947. The fourth-order valence-corrected chi connectivity index (χ4v) is 1.91. The number of hydrogen-bond donors (Lipinski definition) is 1. The summed E-state index contributed by atoms with van der Waals surface area (Å²) in [4.78, 5) is 21.4. The molecule has 0 fully saturated rings. The maximum Gasteiger partial charge on any atom is 0.323 e. The topological polar surface area (TPSA) is 59.3 Å². The number of carboxylic acid groups (broad SMARTS) is 1. The van der Waals surface area contributed by atoms with E-state index in [1.54, 1.807) is 5.38 Å². The molecule has 0 aromatic carbocycles. The molecule has 0 atom stereocenters. The van der Waals surface area contributed by atoms with Gasteiger partial charge in [-0.3, -0.25) is 14.2 Å². The highest BCUT2D eigenvalue weighted by molar-refractivity contribution is 7.07. The fraction of sp³-hybridized carbons (Fsp3) is 0.500. The van der Waals surface area contributed by atoms with Gasteiger partial charge in [-0.05, 0) is 6.42 Å². The first-order valence-corrected chi connectivity index (χ1v) is 4.92. The van der Waals surface area contributed by atoms with Crippen LogP contribution in [0, 0.1) is 0 Å². The lowest BCUT2D eigenvalue weighted by molar-refractivity contribution is -0.137. The summed E-state index contributed by atoms with van der Waals surface area (Å²) in [5.74, 6) is -0.974. The molecular weight excluding hydrogens is 190 g/mol. The van der Waals surface area contributed by atoms with Crippen molar-refractivity contribution < 1.29 is 9.90 Å². The minimum Gasteiger partial charge on any atom is -0.480 e. The lowest BCUT2D eigenvalue weighted by Gasteiger charge is -2.01. The van der Waals surface area contributed by atoms with Crippen molar-refractivity contribution in [3.05, 3.63) is 20.7 Å². The van der Waals surface area contributed by atoms with Crippen LogP contribution in [0.3, 0.4) is 0 Å². The smallest absolute Gasteiger partial charge is 0.323 e. The minimum atomic E-state index is -0.974. The van der Waals surface area contributed by atoms with Crippen molar-refractivity contribution in [2.45, 2.75) is 26.3 Å². The third kappa shape index (κ3) is 2.42. The van der Waals surface area contributed by atoms with Gasteiger partial charge in [0.1, 0.15) is 6.54 Å². The van der Waals surface area contributed by atoms with Crippen LogP contribution < -0.4 is 4.87 Å². The minimum absolute atomic E-state index is 0.189. The van der Waals surface area contributed by atoms with Crippen molar-refractivity contribution in [2.75, 3.05) is 0 Å². The Hall–Kier alpha value is -1.10. The molecule has 13 heavy (non-hydrogen) atoms. The van der Waals surface area contributed by atoms with Gasteiger partial charge in [0.15, 0.2) is 0 Å². The zero-order valence-corrected chi connectivity index (χ0v) is 8.13. The van der Waals surface area contributed by atoms with Crippen LogP contribution in [0.2, 0.25) is 0 Å². The molecule has 0 bridgehead atoms. The van der Waals surface area contributed by atoms with Crippen molar-refractivity contribution in [3.63, 3.8) is 0 Å². The van der Waals surface area contributed by atoms with Gasteiger partial charge in [-0.1, -0.05) is 24.7 Å². The highest BCUT2D eigenvalue weighted by atomic mass is 32.1. The number of nitrogens with zero attached hydrogens (tertiary/aromatic N) is 1. The van der Waals surface area contributed by atoms with Crippen molar-refractivity contribution in [3.8, 4) is 0 Å². The lowest BCUT2D eigenvalue weighted by Crippen LogP contribution is -2.21. The van der Waals surface area contributed by atoms with Crippen LogP contribution in [0.1, 0.15) is 19.0 Å². The van der Waals surface area contributed by atoms with Gasteiger partial charge in [-0.15, -0.1) is 0 Å². The van der Waals surface area contributed by atoms with Gasteiger partial charge in [0.2, 0.25) is 0 Å². The third-order valence-corrected chi connectivity index (χ3v) is 2.47. The van der Waals surface area contributed by atoms with E-state index in [9.17, 15) is 9.59 Å². The second-order valence-electron chi connectivity index (χ2n) is 2.72. The summed E-state index contributed by atoms with van der Waals surface area (Å²) in [5, 5.41) is 10.3. The molecule has 0 unspecified atom stereocenters. The van der Waals surface area contributed by atoms with Crippen LogP contribution in [0.25, 0.3) is 0 Å². The average Bonchev–Trinajstić information content (AvgIpc) is 2.36. The Morgan fingerprint density at radius 2 is 2.38 bits per heavy atom. The molecule has 5 heteroatoms. The molecule has 0 radical (unpaired) electrons. The molecule has 0 amide bonds. The van der Waals surface area contributed by atoms with E-state index in [1.807, 2.05) is 6.92 Å². The number of rotatable bonds is 4. The van der Waals surface area contributed by atoms with Gasteiger partial charge in [-0.2, -0.15) is 0 Å². The second kappa shape index (κ2) is 4.23. The average molecular weight is 201 g/mol. The van der Waals surface area contributed by atoms with Crippen molar-refractivity contribution >= 4 is 17.3 Å². The van der Waals surface area contributed by atoms with Crippen LogP contribution in [0.4, 0.5) is 0 Å². The third-order valence-electron chi connectivity index (χ3n) is 1.66. The summed E-state index contributed by atoms with van der Waals surface area (Å²) in [6.07, 6.45) is 1.67. The molecule has 0 aliphatic heterocycles. The van der Waals surface area contributed by atoms with E-state index in [0.29, 0.717) is 0 Å². The molecule has 1 aromatic rings. The number of aryl methyl sites for hydroxylation is 1. The molecule has 1 aromatic heterocycles. The van der Waals surface area contributed by atoms with Gasteiger partial charge < -0.3 is 5.11 Å². The summed E-state index contributed by atoms with van der Waals surface area (Å²) in [6, 6.07) is 0. The number of aromatic nitrogens is 1. The lowest BCUT2D eigenvalue weighted by atomic mass is 10.3. The number of aliphatic carboxylic acids is 1. The van der Waals surface area contributed by atoms with Gasteiger partial charge >= 0.3 is 10.8 Å². The second-order valence-corrected chi connectivity index (χ2v) is 3.54. The maximum atomic E-state index is 11.2. The Balaban J connectivity index is 2.94. The first kappa shape index (κ1) is 9.98. The molecule has 1 heterocycles. The summed E-state index contributed by atoms with van der Waals surface area (Å²) in [6.45, 7) is 1.77. The number of carbonyl (C=O) groups is 1. The first-order chi connectivity index (χ1) is 6.15. The van der Waals surface area contributed by atoms with Crippen LogP contribution in [0.5, 0.6) is 0 Å². The Morgan fingerprint density at radius 1 is 1.69 bits per heavy atom. The number of hydrogen-bond acceptors (Lipinski definition) is 3. The van der Waals surface area contributed by atoms with Gasteiger partial charge in [-0.25, -0.2) is 0 Å². The molecule has 0 saturated carbocycles. The molecule has 0 aliphatic carbocycles. The summed E-state index contributed by atoms with van der Waals surface area (Å²) in [7, 11) is 0. The highest BCUT2D eigenvalue weighted by Crippen LogP contribution is 2.04. The Bertz CT molecular complexity index is 353. The molecule has 0 aliphatic rings. The predicted molar refractivity (Wildman–Crippen MR) is 50.2 cm³/mol. The molecule has 0 saturated heterocycles. The zero-order chi connectivity index (χ0) is 9.84. The Labute approximate surface area is 79.4 Å². The largest absolute Gasteiger partial charge is 0.480 e. The molecular formula is C8H11NO3S. The van der Waals surface area contributed by atoms with E-state index in [4.69, 9.17) is 5.11 Å². The van der Waals surface area contributed by atoms with E-state index in [1.165, 1.54) is 4.57 Å². The molecule has 4 nitrogen and oxygen atoms in total. The van der Waals surface area contributed by atoms with E-state index in [2.05, 4.69) is 0 Å². The Kier molecular flexibility index (Phi) is 3.25. The van der Waals surface area contributed by atoms with Gasteiger partial charge in [0.05, 0.1) is 0 Å². The fourth-order valence-electron chi connectivity index (χ4n) is 1.11. The zero-order valence-electron chi connectivity index (χ0n) is 7.32. The molecule has 1 rings (SSSR count). The van der Waals surface area contributed by atoms with Crippen molar-refractivity contribution in [2.24, 2.45) is 0 Å². The van der Waals surface area contributed by atoms with E-state index in [-0.39, 0.29) is 11.4 Å². The summed E-state index contributed by atoms with van der Waals surface area (Å²) >= 11 is 1.06. The van der Waals surface area contributed by atoms with Crippen molar-refractivity contribution in [1.29, 1.82) is 0 Å². The van der Waals surface area contributed by atoms with Crippen molar-refractivity contribution in [1.82, 2.24) is 4.57 Å². The van der Waals surface area contributed by atoms with Gasteiger partial charge in [0, 0.05) is 11.1 Å². The van der Waals surface area contributed by atoms with E-state index >= 15 is 0 Å². The van der Waals surface area contributed by atoms with Crippen LogP contribution in [0.15, 0.2) is 10.2 Å². The maximum absolute atomic E-state index is 11.2. The van der Waals surface area contributed by atoms with E-state index in [0.717, 1.165) is 29.9 Å². The van der Waals surface area contributed by atoms with Crippen LogP contribution in [-0.4, -0.2) is 15.6 Å². The van der Waals surface area contributed by atoms with Crippen LogP contribution in [-0.2, 0) is 17.8 Å². The normalized spacial score (nSPS) is 10.2. The SMILES string of the molecule is CCCc1csc(=O)n1CC(=O)O. The molecule has 72 valence electrons. The first-order valence-electron chi connectivity index (χ1n) is 4.04. The summed E-state index contributed by atoms with van der Waals surface area (Å²) < 4.78 is 1.32. The highest BCUT2D eigenvalue weighted by Gasteiger charge is 2.08. The Morgan fingerprint density at radius 3 is 2.92 bits per heavy atom. The quantitative estimate of drug-likeness (QED) is 0.788. The van der Waals surface area contributed by atoms with Crippen LogP contribution >= 0.6 is 11.3 Å². The standard InChI is InChI=1S/C8H11NO3S/c1-2-3-6-5-13-8(12)9(6)4-7(10)11/h5H,2-4H2,1H3,(H,10,11). The molecule has 1 N–H and O–H groups in total. The monoisotopic (exact) mass is 201 g/mol. The van der Waals surface area contributed by atoms with Gasteiger partial charge in [0.25, 0.3) is 0 Å². The summed E-state index contributed by atoms with van der Waals surface area (Å²) in [5.41, 5.74) is 0.819. The molecule has 0 spiro atoms. The van der Waals surface area contributed by atoms with E-state index < -0.39 is 5.97 Å².